The molecule has 0 unspecified atom stereocenters. The number of nitrogens with one attached hydrogen (secondary N) is 1. The third kappa shape index (κ3) is 4.65. The maximum Gasteiger partial charge on any atom is 0.428 e. The van der Waals surface area contributed by atoms with E-state index in [1.54, 1.807) is 44.7 Å². The summed E-state index contributed by atoms with van der Waals surface area (Å²) in [6.07, 6.45) is 1.01. The maximum atomic E-state index is 12.5. The maximum absolute atomic E-state index is 12.5. The number of carbonyl (C=O) groups excluding carboxylic acids is 2. The van der Waals surface area contributed by atoms with Crippen LogP contribution in [0.2, 0.25) is 5.02 Å². The molecule has 0 saturated carbocycles. The number of benzene rings is 1. The van der Waals surface area contributed by atoms with Gasteiger partial charge in [0.15, 0.2) is 5.78 Å². The van der Waals surface area contributed by atoms with Crippen LogP contribution in [-0.4, -0.2) is 35.3 Å². The van der Waals surface area contributed by atoms with Gasteiger partial charge in [0.05, 0.1) is 0 Å². The van der Waals surface area contributed by atoms with Crippen LogP contribution in [0.15, 0.2) is 34.9 Å². The monoisotopic (exact) mass is 354 g/mol. The number of ketones is 1. The molecule has 1 heterocycles. The van der Waals surface area contributed by atoms with Crippen molar-refractivity contribution in [3.8, 4) is 0 Å². The van der Waals surface area contributed by atoms with Crippen LogP contribution in [0.25, 0.3) is 0 Å². The normalized spacial score (nSPS) is 16.0. The second-order valence-electron chi connectivity index (χ2n) is 6.10. The summed E-state index contributed by atoms with van der Waals surface area (Å²) in [5.74, 6) is 0.439. The van der Waals surface area contributed by atoms with E-state index >= 15 is 0 Å². The van der Waals surface area contributed by atoms with Crippen LogP contribution in [0.5, 0.6) is 0 Å². The van der Waals surface area contributed by atoms with E-state index < -0.39 is 11.7 Å². The summed E-state index contributed by atoms with van der Waals surface area (Å²) in [4.78, 5) is 25.2. The van der Waals surface area contributed by atoms with E-state index in [1.807, 2.05) is 6.07 Å². The minimum atomic E-state index is -0.577. The number of hydrazine groups is 1. The number of nitrogens with zero attached hydrogens (tertiary/aromatic N) is 1. The quantitative estimate of drug-likeness (QED) is 0.645. The second-order valence-corrected chi connectivity index (χ2v) is 7.55. The zero-order valence-corrected chi connectivity index (χ0v) is 15.0. The summed E-state index contributed by atoms with van der Waals surface area (Å²) in [6.45, 7) is 5.37. The summed E-state index contributed by atoms with van der Waals surface area (Å²) >= 11 is 7.51. The Labute approximate surface area is 145 Å². The van der Waals surface area contributed by atoms with Gasteiger partial charge in [-0.3, -0.25) is 4.79 Å². The summed E-state index contributed by atoms with van der Waals surface area (Å²) in [6, 6.07) is 5.28. The minimum absolute atomic E-state index is 0.0914. The average Bonchev–Trinajstić information content (AvgIpc) is 2.45. The van der Waals surface area contributed by atoms with Gasteiger partial charge in [-0.15, -0.1) is 11.8 Å². The van der Waals surface area contributed by atoms with E-state index in [1.165, 1.54) is 18.3 Å². The van der Waals surface area contributed by atoms with Crippen molar-refractivity contribution in [3.05, 3.63) is 40.6 Å². The van der Waals surface area contributed by atoms with Crippen LogP contribution in [0.4, 0.5) is 4.79 Å². The van der Waals surface area contributed by atoms with Crippen molar-refractivity contribution in [2.75, 3.05) is 12.8 Å². The highest BCUT2D eigenvalue weighted by atomic mass is 35.5. The van der Waals surface area contributed by atoms with Gasteiger partial charge in [-0.25, -0.2) is 9.80 Å². The van der Waals surface area contributed by atoms with Crippen molar-refractivity contribution >= 4 is 35.2 Å². The molecule has 1 aliphatic rings. The number of carbonyl (C=O) groups is 2. The van der Waals surface area contributed by atoms with Gasteiger partial charge in [-0.2, -0.15) is 0 Å². The minimum Gasteiger partial charge on any atom is -0.442 e. The average molecular weight is 355 g/mol. The molecule has 0 atom stereocenters. The number of fused-ring (bicyclic) bond motifs is 1. The fourth-order valence-corrected chi connectivity index (χ4v) is 3.03. The Morgan fingerprint density at radius 2 is 2.13 bits per heavy atom. The molecule has 0 aliphatic carbocycles. The number of hydrogen-bond acceptors (Lipinski definition) is 5. The Hall–Kier alpha value is -1.66. The van der Waals surface area contributed by atoms with Crippen LogP contribution in [0.1, 0.15) is 31.1 Å². The van der Waals surface area contributed by atoms with Crippen LogP contribution >= 0.6 is 23.4 Å². The number of halogens is 1. The molecular weight excluding hydrogens is 336 g/mol. The third-order valence-electron chi connectivity index (χ3n) is 2.96. The third-order valence-corrected chi connectivity index (χ3v) is 4.32. The summed E-state index contributed by atoms with van der Waals surface area (Å²) in [7, 11) is 1.54. The molecule has 23 heavy (non-hydrogen) atoms. The van der Waals surface area contributed by atoms with E-state index in [0.717, 1.165) is 4.90 Å². The van der Waals surface area contributed by atoms with Gasteiger partial charge >= 0.3 is 6.09 Å². The van der Waals surface area contributed by atoms with Crippen molar-refractivity contribution in [2.45, 2.75) is 31.3 Å². The standard InChI is InChI=1S/C16H19ClN2O3S/c1-16(2,3)22-15(21)19(4)18-8-10-9-23-13-6-5-11(17)7-12(13)14(10)20/h5-8,18H,9H2,1-4H3. The van der Waals surface area contributed by atoms with Gasteiger partial charge in [0.25, 0.3) is 0 Å². The topological polar surface area (TPSA) is 58.6 Å². The Morgan fingerprint density at radius 1 is 1.43 bits per heavy atom. The van der Waals surface area contributed by atoms with Crippen LogP contribution in [0, 0.1) is 0 Å². The van der Waals surface area contributed by atoms with Gasteiger partial charge in [0.2, 0.25) is 0 Å². The number of ether oxygens (including phenoxy) is 1. The Balaban J connectivity index is 2.07. The highest BCUT2D eigenvalue weighted by molar-refractivity contribution is 7.99. The molecular formula is C16H19ClN2O3S. The Bertz CT molecular complexity index is 668. The molecule has 0 saturated heterocycles. The second kappa shape index (κ2) is 6.84. The highest BCUT2D eigenvalue weighted by Crippen LogP contribution is 2.33. The van der Waals surface area contributed by atoms with Gasteiger partial charge in [-0.05, 0) is 39.0 Å². The molecule has 1 aliphatic heterocycles. The fraction of sp³-hybridized carbons (Fsp3) is 0.375. The zero-order chi connectivity index (χ0) is 17.2. The summed E-state index contributed by atoms with van der Waals surface area (Å²) in [5.41, 5.74) is 3.36. The molecule has 0 bridgehead atoms. The number of thioether (sulfide) groups is 1. The predicted molar refractivity (Wildman–Crippen MR) is 91.7 cm³/mol. The molecule has 0 radical (unpaired) electrons. The molecule has 0 fully saturated rings. The van der Waals surface area contributed by atoms with Gasteiger partial charge in [0, 0.05) is 40.1 Å². The molecule has 124 valence electrons. The van der Waals surface area contributed by atoms with Crippen LogP contribution < -0.4 is 5.43 Å². The lowest BCUT2D eigenvalue weighted by Gasteiger charge is -2.25. The van der Waals surface area contributed by atoms with E-state index in [9.17, 15) is 9.59 Å². The zero-order valence-electron chi connectivity index (χ0n) is 13.5. The van der Waals surface area contributed by atoms with Crippen molar-refractivity contribution in [1.82, 2.24) is 10.4 Å². The van der Waals surface area contributed by atoms with Crippen molar-refractivity contribution in [3.63, 3.8) is 0 Å². The SMILES string of the molecule is CN(NC=C1CSc2ccc(Cl)cc2C1=O)C(=O)OC(C)(C)C. The fourth-order valence-electron chi connectivity index (χ4n) is 1.86. The molecule has 1 amide bonds. The smallest absolute Gasteiger partial charge is 0.428 e. The number of hydrogen-bond donors (Lipinski definition) is 1. The molecule has 2 rings (SSSR count). The van der Waals surface area contributed by atoms with E-state index in [4.69, 9.17) is 16.3 Å². The van der Waals surface area contributed by atoms with E-state index in [0.29, 0.717) is 21.9 Å². The first-order chi connectivity index (χ1) is 10.7. The van der Waals surface area contributed by atoms with Gasteiger partial charge in [-0.1, -0.05) is 11.6 Å². The number of rotatable bonds is 2. The van der Waals surface area contributed by atoms with Crippen molar-refractivity contribution < 1.29 is 14.3 Å². The van der Waals surface area contributed by atoms with Crippen molar-refractivity contribution in [2.24, 2.45) is 0 Å². The Morgan fingerprint density at radius 3 is 2.78 bits per heavy atom. The molecule has 1 N–H and O–H groups in total. The first kappa shape index (κ1) is 17.7. The first-order valence-electron chi connectivity index (χ1n) is 7.06. The van der Waals surface area contributed by atoms with E-state index in [2.05, 4.69) is 5.43 Å². The number of Topliss-reactive ketones (excluding diaryl/α,β-unsaturated/α-hetero) is 1. The Kier molecular flexibility index (Phi) is 5.26. The van der Waals surface area contributed by atoms with Gasteiger partial charge < -0.3 is 10.2 Å². The lowest BCUT2D eigenvalue weighted by molar-refractivity contribution is 0.0236. The first-order valence-corrected chi connectivity index (χ1v) is 8.43. The van der Waals surface area contributed by atoms with Crippen LogP contribution in [0.3, 0.4) is 0 Å². The molecule has 1 aromatic rings. The lowest BCUT2D eigenvalue weighted by Crippen LogP contribution is -2.40. The highest BCUT2D eigenvalue weighted by Gasteiger charge is 2.24. The molecule has 1 aromatic carbocycles. The largest absolute Gasteiger partial charge is 0.442 e. The van der Waals surface area contributed by atoms with Crippen molar-refractivity contribution in [1.29, 1.82) is 0 Å². The summed E-state index contributed by atoms with van der Waals surface area (Å²) in [5, 5.41) is 1.72. The number of amides is 1. The molecule has 0 aromatic heterocycles. The molecule has 0 spiro atoms. The van der Waals surface area contributed by atoms with Crippen LogP contribution in [-0.2, 0) is 4.74 Å². The molecule has 5 nitrogen and oxygen atoms in total. The lowest BCUT2D eigenvalue weighted by atomic mass is 10.0. The van der Waals surface area contributed by atoms with E-state index in [-0.39, 0.29) is 5.78 Å². The predicted octanol–water partition coefficient (Wildman–Crippen LogP) is 3.88. The summed E-state index contributed by atoms with van der Waals surface area (Å²) < 4.78 is 5.23. The van der Waals surface area contributed by atoms with Gasteiger partial charge in [0.1, 0.15) is 5.60 Å². The molecule has 7 heteroatoms.